The molecule has 4 rings (SSSR count). The lowest BCUT2D eigenvalue weighted by atomic mass is 10.2. The number of nitrogens with zero attached hydrogens (tertiary/aromatic N) is 3. The summed E-state index contributed by atoms with van der Waals surface area (Å²) < 4.78 is 0. The summed E-state index contributed by atoms with van der Waals surface area (Å²) in [5.41, 5.74) is 3.89. The Kier molecular flexibility index (Phi) is 3.41. The lowest BCUT2D eigenvalue weighted by Gasteiger charge is -2.01. The highest BCUT2D eigenvalue weighted by Gasteiger charge is 2.07. The maximum Gasteiger partial charge on any atom is 0.159 e. The Balaban J connectivity index is 1.63. The second-order valence-electron chi connectivity index (χ2n) is 5.17. The summed E-state index contributed by atoms with van der Waals surface area (Å²) in [6.45, 7) is 0. The molecule has 0 saturated carbocycles. The van der Waals surface area contributed by atoms with Gasteiger partial charge in [0, 0.05) is 29.1 Å². The van der Waals surface area contributed by atoms with Crippen LogP contribution >= 0.6 is 0 Å². The predicted molar refractivity (Wildman–Crippen MR) is 90.5 cm³/mol. The van der Waals surface area contributed by atoms with E-state index >= 15 is 0 Å². The van der Waals surface area contributed by atoms with Crippen molar-refractivity contribution in [3.63, 3.8) is 0 Å². The van der Waals surface area contributed by atoms with E-state index in [1.807, 2.05) is 79.3 Å². The summed E-state index contributed by atoms with van der Waals surface area (Å²) in [6.07, 6.45) is 5.44. The van der Waals surface area contributed by atoms with Crippen molar-refractivity contribution >= 4 is 0 Å². The number of hydrogen-bond acceptors (Lipinski definition) is 3. The van der Waals surface area contributed by atoms with Crippen LogP contribution in [0.4, 0.5) is 0 Å². The van der Waals surface area contributed by atoms with Gasteiger partial charge in [0.25, 0.3) is 0 Å². The van der Waals surface area contributed by atoms with Crippen molar-refractivity contribution in [2.24, 2.45) is 0 Å². The maximum absolute atomic E-state index is 4.45. The Morgan fingerprint density at radius 3 is 1.83 bits per heavy atom. The molecule has 0 aliphatic carbocycles. The molecular formula is C19H14N4. The molecule has 0 aliphatic heterocycles. The van der Waals surface area contributed by atoms with Crippen LogP contribution < -0.4 is 0 Å². The Labute approximate surface area is 133 Å². The van der Waals surface area contributed by atoms with Crippen LogP contribution in [0.1, 0.15) is 0 Å². The number of aromatic nitrogens is 4. The van der Waals surface area contributed by atoms with Crippen LogP contribution in [0.5, 0.6) is 0 Å². The van der Waals surface area contributed by atoms with Gasteiger partial charge in [0.15, 0.2) is 5.82 Å². The molecule has 4 nitrogen and oxygen atoms in total. The molecule has 0 aliphatic rings. The zero-order valence-electron chi connectivity index (χ0n) is 12.3. The fourth-order valence-corrected chi connectivity index (χ4v) is 2.41. The molecule has 0 saturated heterocycles. The first kappa shape index (κ1) is 13.4. The number of aromatic amines is 1. The highest BCUT2D eigenvalue weighted by Crippen LogP contribution is 2.22. The number of benzene rings is 2. The van der Waals surface area contributed by atoms with Gasteiger partial charge in [-0.25, -0.2) is 15.0 Å². The van der Waals surface area contributed by atoms with Gasteiger partial charge in [-0.1, -0.05) is 60.7 Å². The van der Waals surface area contributed by atoms with E-state index in [1.54, 1.807) is 0 Å². The second kappa shape index (κ2) is 5.85. The highest BCUT2D eigenvalue weighted by molar-refractivity contribution is 5.64. The largest absolute Gasteiger partial charge is 0.338 e. The molecule has 4 heteroatoms. The van der Waals surface area contributed by atoms with Gasteiger partial charge in [-0.2, -0.15) is 0 Å². The highest BCUT2D eigenvalue weighted by atomic mass is 14.9. The van der Waals surface area contributed by atoms with Crippen molar-refractivity contribution in [1.29, 1.82) is 0 Å². The maximum atomic E-state index is 4.45. The third-order valence-electron chi connectivity index (χ3n) is 3.62. The summed E-state index contributed by atoms with van der Waals surface area (Å²) in [5.74, 6) is 1.56. The summed E-state index contributed by atoms with van der Waals surface area (Å²) >= 11 is 0. The van der Waals surface area contributed by atoms with E-state index in [0.717, 1.165) is 34.0 Å². The number of imidazole rings is 1. The molecule has 23 heavy (non-hydrogen) atoms. The van der Waals surface area contributed by atoms with E-state index in [4.69, 9.17) is 0 Å². The van der Waals surface area contributed by atoms with Crippen LogP contribution in [0.2, 0.25) is 0 Å². The van der Waals surface area contributed by atoms with Gasteiger partial charge in [-0.15, -0.1) is 0 Å². The molecule has 2 aromatic heterocycles. The molecule has 0 bridgehead atoms. The Morgan fingerprint density at radius 2 is 1.17 bits per heavy atom. The van der Waals surface area contributed by atoms with Gasteiger partial charge in [0.2, 0.25) is 0 Å². The van der Waals surface area contributed by atoms with Gasteiger partial charge < -0.3 is 4.98 Å². The SMILES string of the molecule is c1ccc(-c2ncc(-c3cnc(-c4ccccc4)[nH]3)cn2)cc1. The zero-order valence-corrected chi connectivity index (χ0v) is 12.3. The Hall–Kier alpha value is -3.27. The minimum Gasteiger partial charge on any atom is -0.338 e. The third-order valence-corrected chi connectivity index (χ3v) is 3.62. The van der Waals surface area contributed by atoms with Crippen LogP contribution in [-0.2, 0) is 0 Å². The summed E-state index contributed by atoms with van der Waals surface area (Å²) in [4.78, 5) is 16.6. The molecule has 0 unspecified atom stereocenters. The topological polar surface area (TPSA) is 54.5 Å². The number of nitrogens with one attached hydrogen (secondary N) is 1. The van der Waals surface area contributed by atoms with Crippen LogP contribution in [-0.4, -0.2) is 19.9 Å². The average Bonchev–Trinajstić information content (AvgIpc) is 3.14. The molecular weight excluding hydrogens is 284 g/mol. The van der Waals surface area contributed by atoms with Crippen molar-refractivity contribution < 1.29 is 0 Å². The van der Waals surface area contributed by atoms with E-state index in [9.17, 15) is 0 Å². The predicted octanol–water partition coefficient (Wildman–Crippen LogP) is 4.20. The molecule has 4 aromatic rings. The normalized spacial score (nSPS) is 10.6. The first-order valence-electron chi connectivity index (χ1n) is 7.38. The number of rotatable bonds is 3. The Morgan fingerprint density at radius 1 is 0.565 bits per heavy atom. The molecule has 1 N–H and O–H groups in total. The van der Waals surface area contributed by atoms with E-state index in [-0.39, 0.29) is 0 Å². The quantitative estimate of drug-likeness (QED) is 0.616. The lowest BCUT2D eigenvalue weighted by molar-refractivity contribution is 1.17. The number of H-pyrrole nitrogens is 1. The molecule has 0 atom stereocenters. The van der Waals surface area contributed by atoms with Crippen LogP contribution in [0, 0.1) is 0 Å². The van der Waals surface area contributed by atoms with Crippen molar-refractivity contribution in [1.82, 2.24) is 19.9 Å². The summed E-state index contributed by atoms with van der Waals surface area (Å²) in [5, 5.41) is 0. The van der Waals surface area contributed by atoms with Crippen molar-refractivity contribution in [3.8, 4) is 34.0 Å². The molecule has 2 aromatic carbocycles. The number of hydrogen-bond donors (Lipinski definition) is 1. The van der Waals surface area contributed by atoms with Gasteiger partial charge in [0.05, 0.1) is 11.9 Å². The van der Waals surface area contributed by atoms with Gasteiger partial charge in [-0.3, -0.25) is 0 Å². The molecule has 0 amide bonds. The monoisotopic (exact) mass is 298 g/mol. The lowest BCUT2D eigenvalue weighted by Crippen LogP contribution is -1.89. The molecule has 2 heterocycles. The minimum absolute atomic E-state index is 0.720. The molecule has 110 valence electrons. The zero-order chi connectivity index (χ0) is 15.5. The fraction of sp³-hybridized carbons (Fsp3) is 0. The summed E-state index contributed by atoms with van der Waals surface area (Å²) in [6, 6.07) is 20.0. The molecule has 0 radical (unpaired) electrons. The van der Waals surface area contributed by atoms with Gasteiger partial charge in [0.1, 0.15) is 5.82 Å². The smallest absolute Gasteiger partial charge is 0.159 e. The first-order valence-corrected chi connectivity index (χ1v) is 7.38. The van der Waals surface area contributed by atoms with Crippen LogP contribution in [0.25, 0.3) is 34.0 Å². The Bertz CT molecular complexity index is 897. The van der Waals surface area contributed by atoms with E-state index in [0.29, 0.717) is 0 Å². The molecule has 0 fully saturated rings. The van der Waals surface area contributed by atoms with Crippen molar-refractivity contribution in [2.45, 2.75) is 0 Å². The van der Waals surface area contributed by atoms with Gasteiger partial charge in [-0.05, 0) is 0 Å². The van der Waals surface area contributed by atoms with E-state index in [1.165, 1.54) is 0 Å². The van der Waals surface area contributed by atoms with Crippen LogP contribution in [0.3, 0.4) is 0 Å². The fourth-order valence-electron chi connectivity index (χ4n) is 2.41. The first-order chi connectivity index (χ1) is 11.4. The summed E-state index contributed by atoms with van der Waals surface area (Å²) in [7, 11) is 0. The van der Waals surface area contributed by atoms with Crippen molar-refractivity contribution in [2.75, 3.05) is 0 Å². The third kappa shape index (κ3) is 2.74. The average molecular weight is 298 g/mol. The standard InChI is InChI=1S/C19H14N4/c1-3-7-14(8-4-1)18-20-11-16(12-21-18)17-13-22-19(23-17)15-9-5-2-6-10-15/h1-13H,(H,22,23). The van der Waals surface area contributed by atoms with Crippen molar-refractivity contribution in [3.05, 3.63) is 79.3 Å². The second-order valence-corrected chi connectivity index (χ2v) is 5.17. The van der Waals surface area contributed by atoms with E-state index in [2.05, 4.69) is 19.9 Å². The molecule has 0 spiro atoms. The van der Waals surface area contributed by atoms with Crippen LogP contribution in [0.15, 0.2) is 79.3 Å². The minimum atomic E-state index is 0.720. The van der Waals surface area contributed by atoms with E-state index < -0.39 is 0 Å². The van der Waals surface area contributed by atoms with Gasteiger partial charge >= 0.3 is 0 Å².